The molecule has 2 aliphatic rings. The van der Waals surface area contributed by atoms with Crippen LogP contribution in [0.3, 0.4) is 0 Å². The number of rotatable bonds is 5. The summed E-state index contributed by atoms with van der Waals surface area (Å²) in [6.45, 7) is 11.0. The average molecular weight is 430 g/mol. The molecule has 30 heavy (non-hydrogen) atoms. The van der Waals surface area contributed by atoms with Crippen LogP contribution in [-0.2, 0) is 14.3 Å². The quantitative estimate of drug-likeness (QED) is 0.684. The summed E-state index contributed by atoms with van der Waals surface area (Å²) >= 11 is 1.73. The fourth-order valence-corrected chi connectivity index (χ4v) is 4.74. The third kappa shape index (κ3) is 5.25. The van der Waals surface area contributed by atoms with Crippen molar-refractivity contribution in [3.63, 3.8) is 0 Å². The van der Waals surface area contributed by atoms with E-state index < -0.39 is 0 Å². The normalized spacial score (nSPS) is 19.2. The van der Waals surface area contributed by atoms with Crippen LogP contribution in [0.4, 0.5) is 5.69 Å². The monoisotopic (exact) mass is 429 g/mol. The molecule has 1 amide bonds. The smallest absolute Gasteiger partial charge is 0.338 e. The summed E-state index contributed by atoms with van der Waals surface area (Å²) in [6.07, 6.45) is 1.49. The molecule has 1 atom stereocenters. The zero-order valence-electron chi connectivity index (χ0n) is 18.4. The molecule has 1 fully saturated rings. The third-order valence-corrected chi connectivity index (χ3v) is 6.03. The van der Waals surface area contributed by atoms with Crippen molar-refractivity contribution in [1.29, 1.82) is 0 Å². The number of allylic oxidation sites excluding steroid dienone is 1. The van der Waals surface area contributed by atoms with Gasteiger partial charge in [-0.25, -0.2) is 9.79 Å². The van der Waals surface area contributed by atoms with Crippen LogP contribution in [0.5, 0.6) is 0 Å². The largest absolute Gasteiger partial charge is 0.463 e. The van der Waals surface area contributed by atoms with Crippen LogP contribution < -0.4 is 5.32 Å². The van der Waals surface area contributed by atoms with Gasteiger partial charge in [-0.2, -0.15) is 0 Å². The molecular formula is C23H31N3O3S. The fourth-order valence-electron chi connectivity index (χ4n) is 3.72. The summed E-state index contributed by atoms with van der Waals surface area (Å²) in [4.78, 5) is 31.9. The van der Waals surface area contributed by atoms with Gasteiger partial charge in [-0.05, 0) is 43.4 Å². The molecule has 0 saturated carbocycles. The van der Waals surface area contributed by atoms with Crippen molar-refractivity contribution in [3.05, 3.63) is 41.1 Å². The Labute approximate surface area is 183 Å². The zero-order valence-corrected chi connectivity index (χ0v) is 19.3. The lowest BCUT2D eigenvalue weighted by molar-refractivity contribution is -0.139. The number of fused-ring (bicyclic) bond motifs is 1. The summed E-state index contributed by atoms with van der Waals surface area (Å²) in [5, 5.41) is 3.92. The van der Waals surface area contributed by atoms with Gasteiger partial charge in [-0.15, -0.1) is 0 Å². The van der Waals surface area contributed by atoms with Crippen molar-refractivity contribution < 1.29 is 14.3 Å². The molecule has 2 heterocycles. The standard InChI is InChI=1S/C23H31N3O3S/c1-6-29-21(28)19-15(2)24-22-26(12-7-13-30-22)20(19)16-8-10-17(11-9-16)25-18(27)14-23(3,4)5/h8-11,20H,6-7,12-14H2,1-5H3,(H,25,27). The van der Waals surface area contributed by atoms with Gasteiger partial charge in [0.15, 0.2) is 5.17 Å². The van der Waals surface area contributed by atoms with Gasteiger partial charge in [0.2, 0.25) is 5.91 Å². The molecule has 0 radical (unpaired) electrons. The highest BCUT2D eigenvalue weighted by Gasteiger charge is 2.37. The van der Waals surface area contributed by atoms with Crippen LogP contribution in [-0.4, -0.2) is 40.8 Å². The van der Waals surface area contributed by atoms with Gasteiger partial charge in [0, 0.05) is 24.4 Å². The molecule has 3 rings (SSSR count). The molecule has 1 aromatic carbocycles. The molecule has 6 nitrogen and oxygen atoms in total. The molecule has 1 N–H and O–H groups in total. The number of hydrogen-bond donors (Lipinski definition) is 1. The minimum absolute atomic E-state index is 0.00211. The van der Waals surface area contributed by atoms with Gasteiger partial charge < -0.3 is 15.0 Å². The predicted octanol–water partition coefficient (Wildman–Crippen LogP) is 4.75. The van der Waals surface area contributed by atoms with Crippen molar-refractivity contribution in [3.8, 4) is 0 Å². The Morgan fingerprint density at radius 3 is 2.60 bits per heavy atom. The van der Waals surface area contributed by atoms with E-state index in [9.17, 15) is 9.59 Å². The van der Waals surface area contributed by atoms with E-state index in [1.54, 1.807) is 11.8 Å². The van der Waals surface area contributed by atoms with E-state index in [0.717, 1.165) is 35.1 Å². The second-order valence-electron chi connectivity index (χ2n) is 8.82. The number of nitrogens with zero attached hydrogens (tertiary/aromatic N) is 2. The average Bonchev–Trinajstić information content (AvgIpc) is 2.66. The Morgan fingerprint density at radius 2 is 1.97 bits per heavy atom. The molecule has 1 aromatic rings. The number of amidine groups is 1. The second kappa shape index (κ2) is 9.25. The molecule has 7 heteroatoms. The van der Waals surface area contributed by atoms with E-state index in [-0.39, 0.29) is 23.3 Å². The minimum Gasteiger partial charge on any atom is -0.463 e. The number of nitrogens with one attached hydrogen (secondary N) is 1. The van der Waals surface area contributed by atoms with Crippen LogP contribution in [0.2, 0.25) is 0 Å². The topological polar surface area (TPSA) is 71.0 Å². The van der Waals surface area contributed by atoms with E-state index in [0.29, 0.717) is 24.3 Å². The number of ether oxygens (including phenoxy) is 1. The maximum absolute atomic E-state index is 12.8. The highest BCUT2D eigenvalue weighted by atomic mass is 32.2. The van der Waals surface area contributed by atoms with E-state index >= 15 is 0 Å². The highest BCUT2D eigenvalue weighted by Crippen LogP contribution is 2.40. The molecule has 2 aliphatic heterocycles. The summed E-state index contributed by atoms with van der Waals surface area (Å²) in [5.41, 5.74) is 2.98. The van der Waals surface area contributed by atoms with Gasteiger partial charge in [0.25, 0.3) is 0 Å². The van der Waals surface area contributed by atoms with E-state index in [1.807, 2.05) is 58.9 Å². The number of amides is 1. The Morgan fingerprint density at radius 1 is 1.27 bits per heavy atom. The lowest BCUT2D eigenvalue weighted by atomic mass is 9.92. The Kier molecular flexibility index (Phi) is 6.91. The first-order chi connectivity index (χ1) is 14.2. The van der Waals surface area contributed by atoms with E-state index in [1.165, 1.54) is 0 Å². The number of thioether (sulfide) groups is 1. The second-order valence-corrected chi connectivity index (χ2v) is 9.88. The maximum atomic E-state index is 12.8. The highest BCUT2D eigenvalue weighted by molar-refractivity contribution is 8.13. The summed E-state index contributed by atoms with van der Waals surface area (Å²) in [7, 11) is 0. The van der Waals surface area contributed by atoms with E-state index in [4.69, 9.17) is 4.74 Å². The number of benzene rings is 1. The molecule has 1 saturated heterocycles. The Bertz CT molecular complexity index is 869. The van der Waals surface area contributed by atoms with Crippen molar-refractivity contribution in [2.24, 2.45) is 10.4 Å². The predicted molar refractivity (Wildman–Crippen MR) is 122 cm³/mol. The first-order valence-corrected chi connectivity index (χ1v) is 11.4. The number of anilines is 1. The van der Waals surface area contributed by atoms with E-state index in [2.05, 4.69) is 15.2 Å². The van der Waals surface area contributed by atoms with Crippen LogP contribution >= 0.6 is 11.8 Å². The zero-order chi connectivity index (χ0) is 21.9. The molecule has 0 aromatic heterocycles. The lowest BCUT2D eigenvalue weighted by Gasteiger charge is -2.40. The van der Waals surface area contributed by atoms with Gasteiger partial charge >= 0.3 is 5.97 Å². The van der Waals surface area contributed by atoms with Crippen molar-refractivity contribution in [2.45, 2.75) is 53.5 Å². The molecule has 162 valence electrons. The number of hydrogen-bond acceptors (Lipinski definition) is 6. The molecule has 1 unspecified atom stereocenters. The van der Waals surface area contributed by atoms with Crippen molar-refractivity contribution >= 4 is 34.5 Å². The SMILES string of the molecule is CCOC(=O)C1=C(C)N=C2SCCCN2C1c1ccc(NC(=O)CC(C)(C)C)cc1. The van der Waals surface area contributed by atoms with Gasteiger partial charge in [0.05, 0.1) is 23.9 Å². The molecule has 0 spiro atoms. The van der Waals surface area contributed by atoms with Gasteiger partial charge in [-0.3, -0.25) is 4.79 Å². The summed E-state index contributed by atoms with van der Waals surface area (Å²) in [6, 6.07) is 7.52. The number of aliphatic imine (C=N–C) groups is 1. The first kappa shape index (κ1) is 22.4. The van der Waals surface area contributed by atoms with Gasteiger partial charge in [-0.1, -0.05) is 44.7 Å². The number of carbonyl (C=O) groups excluding carboxylic acids is 2. The van der Waals surface area contributed by atoms with Crippen molar-refractivity contribution in [1.82, 2.24) is 4.90 Å². The van der Waals surface area contributed by atoms with Crippen LogP contribution in [0.15, 0.2) is 40.5 Å². The summed E-state index contributed by atoms with van der Waals surface area (Å²) in [5.74, 6) is 0.710. The number of esters is 1. The lowest BCUT2D eigenvalue weighted by Crippen LogP contribution is -2.42. The van der Waals surface area contributed by atoms with Crippen LogP contribution in [0.1, 0.15) is 59.1 Å². The van der Waals surface area contributed by atoms with Crippen LogP contribution in [0, 0.1) is 5.41 Å². The fraction of sp³-hybridized carbons (Fsp3) is 0.522. The Balaban J connectivity index is 1.88. The van der Waals surface area contributed by atoms with Gasteiger partial charge in [0.1, 0.15) is 0 Å². The maximum Gasteiger partial charge on any atom is 0.338 e. The van der Waals surface area contributed by atoms with Crippen molar-refractivity contribution in [2.75, 3.05) is 24.2 Å². The third-order valence-electron chi connectivity index (χ3n) is 4.95. The molecule has 0 bridgehead atoms. The minimum atomic E-state index is -0.319. The Hall–Kier alpha value is -2.28. The molecular weight excluding hydrogens is 398 g/mol. The van der Waals surface area contributed by atoms with Crippen LogP contribution in [0.25, 0.3) is 0 Å². The first-order valence-electron chi connectivity index (χ1n) is 10.5. The summed E-state index contributed by atoms with van der Waals surface area (Å²) < 4.78 is 5.35. The number of carbonyl (C=O) groups is 2. The molecule has 0 aliphatic carbocycles.